The molecule has 0 heterocycles. The van der Waals surface area contributed by atoms with Crippen LogP contribution < -0.4 is 10.5 Å². The van der Waals surface area contributed by atoms with Gasteiger partial charge in [-0.05, 0) is 32.9 Å². The normalized spacial score (nSPS) is 10.9. The topological polar surface area (TPSA) is 55.6 Å². The van der Waals surface area contributed by atoms with Gasteiger partial charge in [-0.15, -0.1) is 6.58 Å². The van der Waals surface area contributed by atoms with Crippen LogP contribution in [0.2, 0.25) is 0 Å². The molecule has 4 heteroatoms. The van der Waals surface area contributed by atoms with Crippen LogP contribution in [0, 0.1) is 0 Å². The minimum absolute atomic E-state index is 0.0481. The predicted molar refractivity (Wildman–Crippen MR) is 82.6 cm³/mol. The molecule has 0 radical (unpaired) electrons. The Morgan fingerprint density at radius 3 is 2.60 bits per heavy atom. The minimum atomic E-state index is -0.225. The Morgan fingerprint density at radius 1 is 1.40 bits per heavy atom. The Morgan fingerprint density at radius 2 is 2.05 bits per heavy atom. The first kappa shape index (κ1) is 16.1. The summed E-state index contributed by atoms with van der Waals surface area (Å²) in [5.41, 5.74) is 6.14. The van der Waals surface area contributed by atoms with E-state index in [4.69, 9.17) is 10.5 Å². The minimum Gasteiger partial charge on any atom is -0.491 e. The fraction of sp³-hybridized carbons (Fsp3) is 0.438. The van der Waals surface area contributed by atoms with Gasteiger partial charge in [-0.1, -0.05) is 18.2 Å². The van der Waals surface area contributed by atoms with E-state index in [1.54, 1.807) is 23.1 Å². The van der Waals surface area contributed by atoms with Gasteiger partial charge in [0.25, 0.3) is 0 Å². The summed E-state index contributed by atoms with van der Waals surface area (Å²) in [4.78, 5) is 14.0. The van der Waals surface area contributed by atoms with Gasteiger partial charge in [0.2, 0.25) is 5.91 Å². The highest BCUT2D eigenvalue weighted by Crippen LogP contribution is 2.20. The van der Waals surface area contributed by atoms with E-state index in [0.29, 0.717) is 31.0 Å². The molecule has 1 rings (SSSR count). The zero-order valence-electron chi connectivity index (χ0n) is 12.6. The molecular formula is C16H24N2O2. The van der Waals surface area contributed by atoms with Crippen LogP contribution in [-0.4, -0.2) is 29.5 Å². The molecule has 0 saturated carbocycles. The number of carbonyl (C=O) groups excluding carboxylic acids is 1. The molecule has 4 nitrogen and oxygen atoms in total. The summed E-state index contributed by atoms with van der Waals surface area (Å²) in [5.74, 6) is 0.665. The van der Waals surface area contributed by atoms with Crippen LogP contribution in [-0.2, 0) is 4.79 Å². The quantitative estimate of drug-likeness (QED) is 0.642. The highest BCUT2D eigenvalue weighted by molar-refractivity contribution is 5.77. The predicted octanol–water partition coefficient (Wildman–Crippen LogP) is 2.85. The molecule has 0 saturated heterocycles. The third-order valence-electron chi connectivity index (χ3n) is 2.91. The summed E-state index contributed by atoms with van der Waals surface area (Å²) in [6, 6.07) is 7.27. The van der Waals surface area contributed by atoms with Crippen molar-refractivity contribution in [1.82, 2.24) is 4.90 Å². The number of benzene rings is 1. The van der Waals surface area contributed by atoms with Crippen LogP contribution in [0.3, 0.4) is 0 Å². The zero-order valence-corrected chi connectivity index (χ0v) is 12.6. The van der Waals surface area contributed by atoms with Gasteiger partial charge in [0, 0.05) is 12.1 Å². The number of anilines is 1. The molecule has 0 bridgehead atoms. The maximum atomic E-state index is 12.2. The molecule has 0 aliphatic carbocycles. The van der Waals surface area contributed by atoms with Gasteiger partial charge >= 0.3 is 0 Å². The van der Waals surface area contributed by atoms with Crippen molar-refractivity contribution < 1.29 is 9.53 Å². The molecule has 20 heavy (non-hydrogen) atoms. The van der Waals surface area contributed by atoms with Crippen molar-refractivity contribution >= 4 is 11.6 Å². The van der Waals surface area contributed by atoms with Crippen molar-refractivity contribution in [2.24, 2.45) is 0 Å². The maximum absolute atomic E-state index is 12.2. The van der Waals surface area contributed by atoms with Crippen LogP contribution in [0.1, 0.15) is 27.2 Å². The van der Waals surface area contributed by atoms with E-state index in [1.165, 1.54) is 0 Å². The van der Waals surface area contributed by atoms with Crippen molar-refractivity contribution in [1.29, 1.82) is 0 Å². The molecule has 1 aromatic carbocycles. The highest BCUT2D eigenvalue weighted by Gasteiger charge is 2.24. The third-order valence-corrected chi connectivity index (χ3v) is 2.91. The van der Waals surface area contributed by atoms with Gasteiger partial charge in [-0.3, -0.25) is 4.79 Å². The van der Waals surface area contributed by atoms with E-state index in [9.17, 15) is 4.79 Å². The van der Waals surface area contributed by atoms with E-state index in [1.807, 2.05) is 32.9 Å². The van der Waals surface area contributed by atoms with E-state index in [0.717, 1.165) is 0 Å². The molecule has 0 aliphatic rings. The summed E-state index contributed by atoms with van der Waals surface area (Å²) < 4.78 is 5.55. The van der Waals surface area contributed by atoms with Crippen LogP contribution in [0.5, 0.6) is 5.75 Å². The monoisotopic (exact) mass is 276 g/mol. The highest BCUT2D eigenvalue weighted by atomic mass is 16.5. The number of hydrogen-bond acceptors (Lipinski definition) is 3. The second-order valence-corrected chi connectivity index (χ2v) is 5.60. The molecule has 0 fully saturated rings. The zero-order chi connectivity index (χ0) is 15.2. The standard InChI is InChI=1S/C16H24N2O2/c1-5-11-18(16(2,3)4)15(19)10-12-20-14-9-7-6-8-13(14)17/h5-9H,1,10-12,17H2,2-4H3. The first-order valence-corrected chi connectivity index (χ1v) is 6.75. The van der Waals surface area contributed by atoms with Gasteiger partial charge in [-0.25, -0.2) is 0 Å². The summed E-state index contributed by atoms with van der Waals surface area (Å²) in [6.45, 7) is 10.6. The smallest absolute Gasteiger partial charge is 0.226 e. The van der Waals surface area contributed by atoms with Crippen LogP contribution in [0.25, 0.3) is 0 Å². The summed E-state index contributed by atoms with van der Waals surface area (Å²) in [6.07, 6.45) is 2.05. The van der Waals surface area contributed by atoms with Gasteiger partial charge in [-0.2, -0.15) is 0 Å². The van der Waals surface area contributed by atoms with Crippen LogP contribution in [0.15, 0.2) is 36.9 Å². The number of nitrogen functional groups attached to an aromatic ring is 1. The van der Waals surface area contributed by atoms with E-state index in [2.05, 4.69) is 6.58 Å². The van der Waals surface area contributed by atoms with Gasteiger partial charge in [0.15, 0.2) is 0 Å². The summed E-state index contributed by atoms with van der Waals surface area (Å²) >= 11 is 0. The number of para-hydroxylation sites is 2. The molecule has 1 amide bonds. The fourth-order valence-corrected chi connectivity index (χ4v) is 1.87. The van der Waals surface area contributed by atoms with Crippen molar-refractivity contribution in [2.75, 3.05) is 18.9 Å². The SMILES string of the molecule is C=CCN(C(=O)CCOc1ccccc1N)C(C)(C)C. The van der Waals surface area contributed by atoms with Gasteiger partial charge in [0.05, 0.1) is 18.7 Å². The lowest BCUT2D eigenvalue weighted by Crippen LogP contribution is -2.46. The number of nitrogens with zero attached hydrogens (tertiary/aromatic N) is 1. The molecule has 0 aliphatic heterocycles. The lowest BCUT2D eigenvalue weighted by atomic mass is 10.1. The maximum Gasteiger partial charge on any atom is 0.226 e. The second kappa shape index (κ2) is 6.98. The van der Waals surface area contributed by atoms with Crippen molar-refractivity contribution in [2.45, 2.75) is 32.7 Å². The van der Waals surface area contributed by atoms with Crippen LogP contribution in [0.4, 0.5) is 5.69 Å². The molecule has 0 unspecified atom stereocenters. The average molecular weight is 276 g/mol. The molecule has 0 atom stereocenters. The molecular weight excluding hydrogens is 252 g/mol. The summed E-state index contributed by atoms with van der Waals surface area (Å²) in [5, 5.41) is 0. The lowest BCUT2D eigenvalue weighted by molar-refractivity contribution is -0.135. The average Bonchev–Trinajstić information content (AvgIpc) is 2.36. The number of nitrogens with two attached hydrogens (primary N) is 1. The van der Waals surface area contributed by atoms with Gasteiger partial charge < -0.3 is 15.4 Å². The molecule has 0 aromatic heterocycles. The van der Waals surface area contributed by atoms with Crippen molar-refractivity contribution in [3.05, 3.63) is 36.9 Å². The Balaban J connectivity index is 2.54. The second-order valence-electron chi connectivity index (χ2n) is 5.60. The number of rotatable bonds is 6. The Hall–Kier alpha value is -1.97. The van der Waals surface area contributed by atoms with E-state index in [-0.39, 0.29) is 11.4 Å². The molecule has 2 N–H and O–H groups in total. The molecule has 110 valence electrons. The number of carbonyl (C=O) groups is 1. The summed E-state index contributed by atoms with van der Waals surface area (Å²) in [7, 11) is 0. The Bertz CT molecular complexity index is 464. The Labute approximate surface area is 121 Å². The van der Waals surface area contributed by atoms with Crippen LogP contribution >= 0.6 is 0 Å². The Kier molecular flexibility index (Phi) is 5.62. The number of ether oxygens (including phenoxy) is 1. The van der Waals surface area contributed by atoms with E-state index >= 15 is 0 Å². The first-order chi connectivity index (χ1) is 9.36. The fourth-order valence-electron chi connectivity index (χ4n) is 1.87. The first-order valence-electron chi connectivity index (χ1n) is 6.75. The van der Waals surface area contributed by atoms with Crippen molar-refractivity contribution in [3.8, 4) is 5.75 Å². The number of hydrogen-bond donors (Lipinski definition) is 1. The number of amides is 1. The molecule has 0 spiro atoms. The third kappa shape index (κ3) is 4.61. The molecule has 1 aromatic rings. The van der Waals surface area contributed by atoms with E-state index < -0.39 is 0 Å². The van der Waals surface area contributed by atoms with Crippen molar-refractivity contribution in [3.63, 3.8) is 0 Å². The lowest BCUT2D eigenvalue weighted by Gasteiger charge is -2.35. The largest absolute Gasteiger partial charge is 0.491 e. The van der Waals surface area contributed by atoms with Gasteiger partial charge in [0.1, 0.15) is 5.75 Å².